The highest BCUT2D eigenvalue weighted by atomic mass is 16.5. The lowest BCUT2D eigenvalue weighted by Crippen LogP contribution is -2.59. The van der Waals surface area contributed by atoms with Gasteiger partial charge in [0.1, 0.15) is 0 Å². The van der Waals surface area contributed by atoms with Crippen molar-refractivity contribution in [2.75, 3.05) is 0 Å². The van der Waals surface area contributed by atoms with Crippen LogP contribution in [0.15, 0.2) is 0 Å². The molecule has 2 heterocycles. The molecule has 3 atom stereocenters. The maximum atomic E-state index is 9.82. The molecule has 0 unspecified atom stereocenters. The number of fused-ring (bicyclic) bond motifs is 3. The van der Waals surface area contributed by atoms with E-state index in [-0.39, 0.29) is 17.3 Å². The molecule has 0 amide bonds. The molecule has 0 spiro atoms. The van der Waals surface area contributed by atoms with Crippen LogP contribution in [0.5, 0.6) is 0 Å². The monoisotopic (exact) mass is 170 g/mol. The summed E-state index contributed by atoms with van der Waals surface area (Å²) < 4.78 is 5.97. The van der Waals surface area contributed by atoms with E-state index in [2.05, 4.69) is 20.8 Å². The fourth-order valence-electron chi connectivity index (χ4n) is 2.95. The summed E-state index contributed by atoms with van der Waals surface area (Å²) in [4.78, 5) is 0. The van der Waals surface area contributed by atoms with Gasteiger partial charge >= 0.3 is 0 Å². The molecule has 2 saturated heterocycles. The molecule has 3 aliphatic rings. The van der Waals surface area contributed by atoms with E-state index < -0.39 is 0 Å². The average molecular weight is 170 g/mol. The number of aliphatic hydroxyl groups is 1. The Kier molecular flexibility index (Phi) is 1.59. The maximum absolute atomic E-state index is 9.82. The van der Waals surface area contributed by atoms with Crippen molar-refractivity contribution in [3.05, 3.63) is 0 Å². The zero-order valence-electron chi connectivity index (χ0n) is 8.13. The van der Waals surface area contributed by atoms with E-state index in [1.807, 2.05) is 0 Å². The smallest absolute Gasteiger partial charge is 0.0686 e. The first-order chi connectivity index (χ1) is 5.43. The van der Waals surface area contributed by atoms with Crippen LogP contribution in [0.4, 0.5) is 0 Å². The van der Waals surface area contributed by atoms with Crippen LogP contribution in [0.25, 0.3) is 0 Å². The van der Waals surface area contributed by atoms with Gasteiger partial charge in [-0.15, -0.1) is 0 Å². The number of ether oxygens (including phenoxy) is 1. The van der Waals surface area contributed by atoms with Gasteiger partial charge in [0.15, 0.2) is 0 Å². The lowest BCUT2D eigenvalue weighted by Gasteiger charge is -2.56. The summed E-state index contributed by atoms with van der Waals surface area (Å²) in [6.07, 6.45) is 2.90. The second kappa shape index (κ2) is 2.24. The summed E-state index contributed by atoms with van der Waals surface area (Å²) in [6.45, 7) is 6.31. The third-order valence-electron chi connectivity index (χ3n) is 3.49. The zero-order valence-corrected chi connectivity index (χ0v) is 8.13. The molecular formula is C10H18O2. The van der Waals surface area contributed by atoms with Gasteiger partial charge in [-0.25, -0.2) is 0 Å². The third-order valence-corrected chi connectivity index (χ3v) is 3.49. The van der Waals surface area contributed by atoms with E-state index in [4.69, 9.17) is 4.74 Å². The van der Waals surface area contributed by atoms with E-state index >= 15 is 0 Å². The van der Waals surface area contributed by atoms with Crippen LogP contribution in [0, 0.1) is 5.92 Å². The van der Waals surface area contributed by atoms with Crippen molar-refractivity contribution in [3.63, 3.8) is 0 Å². The van der Waals surface area contributed by atoms with Crippen LogP contribution in [-0.4, -0.2) is 22.4 Å². The normalized spacial score (nSPS) is 51.0. The van der Waals surface area contributed by atoms with Gasteiger partial charge in [-0.1, -0.05) is 0 Å². The molecule has 0 aromatic rings. The van der Waals surface area contributed by atoms with E-state index in [1.54, 1.807) is 0 Å². The van der Waals surface area contributed by atoms with Gasteiger partial charge in [0.25, 0.3) is 0 Å². The standard InChI is InChI=1S/C10H18O2/c1-9(2)7-4-5-10(3,12-9)6-8(7)11/h7-8,11H,4-6H2,1-3H3/t7-,8-,10+/m0/s1. The lowest BCUT2D eigenvalue weighted by atomic mass is 9.67. The Hall–Kier alpha value is -0.0800. The van der Waals surface area contributed by atoms with Gasteiger partial charge in [-0.3, -0.25) is 0 Å². The molecule has 0 aromatic heterocycles. The van der Waals surface area contributed by atoms with Crippen molar-refractivity contribution >= 4 is 0 Å². The molecule has 70 valence electrons. The number of rotatable bonds is 0. The van der Waals surface area contributed by atoms with Crippen LogP contribution in [-0.2, 0) is 4.74 Å². The van der Waals surface area contributed by atoms with Crippen LogP contribution in [0.1, 0.15) is 40.0 Å². The largest absolute Gasteiger partial charge is 0.393 e. The second-order valence-electron chi connectivity index (χ2n) is 5.07. The average Bonchev–Trinajstić information content (AvgIpc) is 1.80. The first-order valence-corrected chi connectivity index (χ1v) is 4.81. The molecule has 1 N–H and O–H groups in total. The Bertz CT molecular complexity index is 197. The van der Waals surface area contributed by atoms with Crippen molar-refractivity contribution in [2.24, 2.45) is 5.92 Å². The van der Waals surface area contributed by atoms with Gasteiger partial charge in [0.05, 0.1) is 17.3 Å². The predicted octanol–water partition coefficient (Wildman–Crippen LogP) is 1.71. The topological polar surface area (TPSA) is 29.5 Å². The first kappa shape index (κ1) is 8.52. The van der Waals surface area contributed by atoms with Crippen LogP contribution in [0.2, 0.25) is 0 Å². The van der Waals surface area contributed by atoms with Gasteiger partial charge in [-0.05, 0) is 33.6 Å². The highest BCUT2D eigenvalue weighted by molar-refractivity contribution is 5.02. The fourth-order valence-corrected chi connectivity index (χ4v) is 2.95. The van der Waals surface area contributed by atoms with Crippen molar-refractivity contribution < 1.29 is 9.84 Å². The number of hydrogen-bond donors (Lipinski definition) is 1. The fraction of sp³-hybridized carbons (Fsp3) is 1.00. The molecule has 3 rings (SSSR count). The van der Waals surface area contributed by atoms with E-state index in [1.165, 1.54) is 0 Å². The van der Waals surface area contributed by atoms with Crippen molar-refractivity contribution in [2.45, 2.75) is 57.3 Å². The predicted molar refractivity (Wildman–Crippen MR) is 46.9 cm³/mol. The van der Waals surface area contributed by atoms with E-state index in [0.717, 1.165) is 19.3 Å². The molecule has 0 radical (unpaired) electrons. The van der Waals surface area contributed by atoms with Gasteiger partial charge in [-0.2, -0.15) is 0 Å². The Morgan fingerprint density at radius 2 is 2.00 bits per heavy atom. The van der Waals surface area contributed by atoms with Crippen LogP contribution in [0.3, 0.4) is 0 Å². The molecule has 12 heavy (non-hydrogen) atoms. The van der Waals surface area contributed by atoms with Crippen molar-refractivity contribution in [1.29, 1.82) is 0 Å². The molecular weight excluding hydrogens is 152 g/mol. The van der Waals surface area contributed by atoms with Crippen LogP contribution < -0.4 is 0 Å². The summed E-state index contributed by atoms with van der Waals surface area (Å²) in [6, 6.07) is 0. The number of hydrogen-bond acceptors (Lipinski definition) is 2. The minimum Gasteiger partial charge on any atom is -0.393 e. The van der Waals surface area contributed by atoms with Gasteiger partial charge < -0.3 is 9.84 Å². The maximum Gasteiger partial charge on any atom is 0.0686 e. The summed E-state index contributed by atoms with van der Waals surface area (Å²) in [7, 11) is 0. The summed E-state index contributed by atoms with van der Waals surface area (Å²) in [5.41, 5.74) is -0.178. The minimum absolute atomic E-state index is 0.0579. The molecule has 2 heteroatoms. The Morgan fingerprint density at radius 3 is 2.42 bits per heavy atom. The molecule has 2 nitrogen and oxygen atoms in total. The molecule has 2 bridgehead atoms. The Balaban J connectivity index is 2.28. The van der Waals surface area contributed by atoms with Gasteiger partial charge in [0, 0.05) is 12.3 Å². The van der Waals surface area contributed by atoms with Crippen LogP contribution >= 0.6 is 0 Å². The summed E-state index contributed by atoms with van der Waals surface area (Å²) in [5.74, 6) is 0.347. The summed E-state index contributed by atoms with van der Waals surface area (Å²) in [5, 5.41) is 9.82. The highest BCUT2D eigenvalue weighted by Crippen LogP contribution is 2.49. The molecule has 2 aliphatic heterocycles. The molecule has 0 aromatic carbocycles. The van der Waals surface area contributed by atoms with Crippen molar-refractivity contribution in [3.8, 4) is 0 Å². The SMILES string of the molecule is CC1(C)O[C@]2(C)CC[C@H]1[C@@H](O)C2. The first-order valence-electron chi connectivity index (χ1n) is 4.81. The van der Waals surface area contributed by atoms with Crippen molar-refractivity contribution in [1.82, 2.24) is 0 Å². The Labute approximate surface area is 73.9 Å². The number of aliphatic hydroxyl groups excluding tert-OH is 1. The molecule has 1 aliphatic carbocycles. The molecule has 3 fully saturated rings. The lowest BCUT2D eigenvalue weighted by molar-refractivity contribution is -0.263. The third kappa shape index (κ3) is 1.09. The van der Waals surface area contributed by atoms with E-state index in [9.17, 15) is 5.11 Å². The van der Waals surface area contributed by atoms with E-state index in [0.29, 0.717) is 5.92 Å². The summed E-state index contributed by atoms with van der Waals surface area (Å²) >= 11 is 0. The molecule has 1 saturated carbocycles. The quantitative estimate of drug-likeness (QED) is 0.599. The van der Waals surface area contributed by atoms with Gasteiger partial charge in [0.2, 0.25) is 0 Å². The zero-order chi connectivity index (χ0) is 8.98. The Morgan fingerprint density at radius 1 is 1.33 bits per heavy atom. The second-order valence-corrected chi connectivity index (χ2v) is 5.07. The minimum atomic E-state index is -0.146. The highest BCUT2D eigenvalue weighted by Gasteiger charge is 2.52.